The monoisotopic (exact) mass is 380 g/mol. The first kappa shape index (κ1) is 19.2. The summed E-state index contributed by atoms with van der Waals surface area (Å²) in [6.07, 6.45) is 1.39. The molecule has 7 heteroatoms. The van der Waals surface area contributed by atoms with Crippen molar-refractivity contribution in [2.24, 2.45) is 0 Å². The van der Waals surface area contributed by atoms with E-state index in [4.69, 9.17) is 9.47 Å². The van der Waals surface area contributed by atoms with Crippen LogP contribution in [0.1, 0.15) is 16.7 Å². The van der Waals surface area contributed by atoms with E-state index >= 15 is 0 Å². The number of methoxy groups -OCH3 is 2. The van der Waals surface area contributed by atoms with E-state index in [-0.39, 0.29) is 5.57 Å². The van der Waals surface area contributed by atoms with Crippen LogP contribution in [-0.2, 0) is 9.59 Å². The summed E-state index contributed by atoms with van der Waals surface area (Å²) in [4.78, 5) is 38.7. The number of benzene rings is 2. The number of amides is 4. The SMILES string of the molecule is COc1ccc(OC)c(/C=C2\C(=O)NC(=O)N(c3cc(C)cc(C)c3)C2=O)c1. The van der Waals surface area contributed by atoms with Gasteiger partial charge in [-0.15, -0.1) is 0 Å². The van der Waals surface area contributed by atoms with Gasteiger partial charge in [0.1, 0.15) is 17.1 Å². The molecule has 0 radical (unpaired) electrons. The summed E-state index contributed by atoms with van der Waals surface area (Å²) >= 11 is 0. The molecule has 0 aliphatic carbocycles. The Kier molecular flexibility index (Phi) is 5.17. The third kappa shape index (κ3) is 3.59. The van der Waals surface area contributed by atoms with Crippen molar-refractivity contribution in [3.63, 3.8) is 0 Å². The molecule has 4 amide bonds. The molecule has 144 valence electrons. The second-order valence-electron chi connectivity index (χ2n) is 6.41. The van der Waals surface area contributed by atoms with Crippen LogP contribution in [0.25, 0.3) is 6.08 Å². The second-order valence-corrected chi connectivity index (χ2v) is 6.41. The number of hydrogen-bond donors (Lipinski definition) is 1. The number of nitrogens with zero attached hydrogens (tertiary/aromatic N) is 1. The van der Waals surface area contributed by atoms with Crippen molar-refractivity contribution >= 4 is 29.6 Å². The predicted molar refractivity (Wildman–Crippen MR) is 104 cm³/mol. The second kappa shape index (κ2) is 7.56. The highest BCUT2D eigenvalue weighted by Crippen LogP contribution is 2.29. The Morgan fingerprint density at radius 1 is 0.929 bits per heavy atom. The van der Waals surface area contributed by atoms with E-state index in [9.17, 15) is 14.4 Å². The Bertz CT molecular complexity index is 990. The predicted octanol–water partition coefficient (Wildman–Crippen LogP) is 2.99. The van der Waals surface area contributed by atoms with Crippen molar-refractivity contribution in [3.05, 3.63) is 58.7 Å². The van der Waals surface area contributed by atoms with Crippen LogP contribution in [0.4, 0.5) is 10.5 Å². The summed E-state index contributed by atoms with van der Waals surface area (Å²) in [6, 6.07) is 9.59. The molecule has 7 nitrogen and oxygen atoms in total. The molecular weight excluding hydrogens is 360 g/mol. The van der Waals surface area contributed by atoms with Gasteiger partial charge in [0.05, 0.1) is 19.9 Å². The maximum absolute atomic E-state index is 13.0. The maximum Gasteiger partial charge on any atom is 0.335 e. The van der Waals surface area contributed by atoms with Crippen LogP contribution >= 0.6 is 0 Å². The quantitative estimate of drug-likeness (QED) is 0.651. The minimum atomic E-state index is -0.783. The van der Waals surface area contributed by atoms with Crippen LogP contribution in [0.3, 0.4) is 0 Å². The molecular formula is C21H20N2O5. The minimum Gasteiger partial charge on any atom is -0.497 e. The molecule has 1 heterocycles. The first-order chi connectivity index (χ1) is 13.3. The fourth-order valence-corrected chi connectivity index (χ4v) is 3.08. The normalized spacial score (nSPS) is 15.6. The number of carbonyl (C=O) groups excluding carboxylic acids is 3. The first-order valence-corrected chi connectivity index (χ1v) is 8.56. The van der Waals surface area contributed by atoms with E-state index in [1.165, 1.54) is 20.3 Å². The van der Waals surface area contributed by atoms with E-state index in [1.807, 2.05) is 19.9 Å². The lowest BCUT2D eigenvalue weighted by atomic mass is 10.0. The number of imide groups is 2. The van der Waals surface area contributed by atoms with Crippen LogP contribution < -0.4 is 19.7 Å². The van der Waals surface area contributed by atoms with E-state index in [2.05, 4.69) is 5.32 Å². The Morgan fingerprint density at radius 3 is 2.21 bits per heavy atom. The lowest BCUT2D eigenvalue weighted by Gasteiger charge is -2.27. The van der Waals surface area contributed by atoms with Gasteiger partial charge in [0.2, 0.25) is 0 Å². The zero-order valence-corrected chi connectivity index (χ0v) is 16.0. The molecule has 2 aromatic rings. The van der Waals surface area contributed by atoms with Gasteiger partial charge in [-0.05, 0) is 61.4 Å². The van der Waals surface area contributed by atoms with Gasteiger partial charge in [-0.3, -0.25) is 14.9 Å². The van der Waals surface area contributed by atoms with Gasteiger partial charge >= 0.3 is 6.03 Å². The van der Waals surface area contributed by atoms with Crippen LogP contribution in [-0.4, -0.2) is 32.1 Å². The molecule has 3 rings (SSSR count). The molecule has 0 bridgehead atoms. The van der Waals surface area contributed by atoms with Crippen molar-refractivity contribution in [2.75, 3.05) is 19.1 Å². The number of urea groups is 1. The summed E-state index contributed by atoms with van der Waals surface area (Å²) in [6.45, 7) is 3.73. The molecule has 0 saturated carbocycles. The summed E-state index contributed by atoms with van der Waals surface area (Å²) in [5, 5.41) is 2.22. The third-order valence-corrected chi connectivity index (χ3v) is 4.30. The fraction of sp³-hybridized carbons (Fsp3) is 0.190. The lowest BCUT2D eigenvalue weighted by Crippen LogP contribution is -2.54. The molecule has 1 fully saturated rings. The van der Waals surface area contributed by atoms with E-state index in [0.717, 1.165) is 16.0 Å². The average Bonchev–Trinajstić information content (AvgIpc) is 2.64. The number of aryl methyl sites for hydroxylation is 2. The summed E-state index contributed by atoms with van der Waals surface area (Å²) < 4.78 is 10.5. The topological polar surface area (TPSA) is 84.9 Å². The Labute approximate surface area is 162 Å². The molecule has 28 heavy (non-hydrogen) atoms. The molecule has 2 aromatic carbocycles. The van der Waals surface area contributed by atoms with Gasteiger partial charge in [-0.2, -0.15) is 0 Å². The van der Waals surface area contributed by atoms with Crippen molar-refractivity contribution in [3.8, 4) is 11.5 Å². The lowest BCUT2D eigenvalue weighted by molar-refractivity contribution is -0.122. The number of rotatable bonds is 4. The van der Waals surface area contributed by atoms with Crippen LogP contribution in [0.2, 0.25) is 0 Å². The number of ether oxygens (including phenoxy) is 2. The summed E-state index contributed by atoms with van der Waals surface area (Å²) in [5.74, 6) is -0.466. The Balaban J connectivity index is 2.09. The van der Waals surface area contributed by atoms with Crippen molar-refractivity contribution in [1.82, 2.24) is 5.32 Å². The van der Waals surface area contributed by atoms with Gasteiger partial charge in [0.15, 0.2) is 0 Å². The van der Waals surface area contributed by atoms with Crippen LogP contribution in [0.15, 0.2) is 42.0 Å². The zero-order chi connectivity index (χ0) is 20.4. The van der Waals surface area contributed by atoms with Gasteiger partial charge in [0.25, 0.3) is 11.8 Å². The van der Waals surface area contributed by atoms with Gasteiger partial charge < -0.3 is 9.47 Å². The largest absolute Gasteiger partial charge is 0.497 e. The molecule has 1 N–H and O–H groups in total. The van der Waals surface area contributed by atoms with Crippen molar-refractivity contribution < 1.29 is 23.9 Å². The van der Waals surface area contributed by atoms with Gasteiger partial charge in [-0.1, -0.05) is 6.07 Å². The number of carbonyl (C=O) groups is 3. The van der Waals surface area contributed by atoms with Crippen molar-refractivity contribution in [1.29, 1.82) is 0 Å². The molecule has 0 spiro atoms. The smallest absolute Gasteiger partial charge is 0.335 e. The van der Waals surface area contributed by atoms with E-state index in [0.29, 0.717) is 22.7 Å². The minimum absolute atomic E-state index is 0.176. The first-order valence-electron chi connectivity index (χ1n) is 8.56. The summed E-state index contributed by atoms with van der Waals surface area (Å²) in [5.41, 5.74) is 2.50. The molecule has 0 atom stereocenters. The molecule has 0 unspecified atom stereocenters. The standard InChI is InChI=1S/C21H20N2O5/c1-12-7-13(2)9-15(8-12)23-20(25)17(19(24)22-21(23)26)11-14-10-16(27-3)5-6-18(14)28-4/h5-11H,1-4H3,(H,22,24,26)/b17-11+. The number of nitrogens with one attached hydrogen (secondary N) is 1. The molecule has 1 aliphatic rings. The highest BCUT2D eigenvalue weighted by molar-refractivity contribution is 6.39. The molecule has 1 aliphatic heterocycles. The average molecular weight is 380 g/mol. The van der Waals surface area contributed by atoms with Gasteiger partial charge in [-0.25, -0.2) is 9.69 Å². The number of anilines is 1. The molecule has 1 saturated heterocycles. The van der Waals surface area contributed by atoms with E-state index in [1.54, 1.807) is 30.3 Å². The van der Waals surface area contributed by atoms with Crippen molar-refractivity contribution in [2.45, 2.75) is 13.8 Å². The summed E-state index contributed by atoms with van der Waals surface area (Å²) in [7, 11) is 3.00. The van der Waals surface area contributed by atoms with Crippen LogP contribution in [0.5, 0.6) is 11.5 Å². The zero-order valence-electron chi connectivity index (χ0n) is 16.0. The number of barbiturate groups is 1. The Hall–Kier alpha value is -3.61. The Morgan fingerprint density at radius 2 is 1.61 bits per heavy atom. The highest BCUT2D eigenvalue weighted by Gasteiger charge is 2.37. The molecule has 0 aromatic heterocycles. The third-order valence-electron chi connectivity index (χ3n) is 4.30. The fourth-order valence-electron chi connectivity index (χ4n) is 3.08. The van der Waals surface area contributed by atoms with Crippen LogP contribution in [0, 0.1) is 13.8 Å². The van der Waals surface area contributed by atoms with E-state index < -0.39 is 17.8 Å². The van der Waals surface area contributed by atoms with Gasteiger partial charge in [0, 0.05) is 5.56 Å². The maximum atomic E-state index is 13.0. The number of hydrogen-bond acceptors (Lipinski definition) is 5. The highest BCUT2D eigenvalue weighted by atomic mass is 16.5.